The molecule has 0 aliphatic carbocycles. The van der Waals surface area contributed by atoms with Crippen molar-refractivity contribution in [2.45, 2.75) is 39.7 Å². The van der Waals surface area contributed by atoms with Gasteiger partial charge in [-0.05, 0) is 20.8 Å². The summed E-state index contributed by atoms with van der Waals surface area (Å²) >= 11 is 0. The Bertz CT molecular complexity index is 549. The molecule has 25 heavy (non-hydrogen) atoms. The topological polar surface area (TPSA) is 93.2 Å². The minimum absolute atomic E-state index is 0.0269. The highest BCUT2D eigenvalue weighted by Crippen LogP contribution is 2.25. The number of hydrogen-bond donors (Lipinski definition) is 0. The maximum Gasteiger partial charge on any atom is 0.235 e. The Kier molecular flexibility index (Phi) is 6.66. The summed E-state index contributed by atoms with van der Waals surface area (Å²) in [4.78, 5) is 51.4. The first-order chi connectivity index (χ1) is 11.9. The predicted octanol–water partition coefficient (Wildman–Crippen LogP) is 0.198. The van der Waals surface area contributed by atoms with Gasteiger partial charge in [-0.2, -0.15) is 0 Å². The zero-order valence-electron chi connectivity index (χ0n) is 15.0. The van der Waals surface area contributed by atoms with Gasteiger partial charge in [0.2, 0.25) is 23.6 Å². The number of nitrogens with zero attached hydrogens (tertiary/aromatic N) is 2. The Morgan fingerprint density at radius 3 is 2.00 bits per heavy atom. The Morgan fingerprint density at radius 1 is 0.920 bits per heavy atom. The van der Waals surface area contributed by atoms with Crippen LogP contribution in [0.25, 0.3) is 0 Å². The monoisotopic (exact) mass is 354 g/mol. The largest absolute Gasteiger partial charge is 0.381 e. The van der Waals surface area contributed by atoms with E-state index >= 15 is 0 Å². The van der Waals surface area contributed by atoms with E-state index in [4.69, 9.17) is 9.47 Å². The molecule has 0 bridgehead atoms. The summed E-state index contributed by atoms with van der Waals surface area (Å²) in [6.07, 6.45) is 0.221. The van der Waals surface area contributed by atoms with E-state index in [0.29, 0.717) is 13.2 Å². The van der Waals surface area contributed by atoms with E-state index in [1.165, 1.54) is 4.90 Å². The van der Waals surface area contributed by atoms with E-state index in [1.54, 1.807) is 6.92 Å². The van der Waals surface area contributed by atoms with Gasteiger partial charge in [0.15, 0.2) is 0 Å². The average molecular weight is 354 g/mol. The van der Waals surface area contributed by atoms with Gasteiger partial charge in [-0.3, -0.25) is 29.0 Å². The molecule has 2 rings (SSSR count). The highest BCUT2D eigenvalue weighted by Gasteiger charge is 2.44. The summed E-state index contributed by atoms with van der Waals surface area (Å²) < 4.78 is 10.5. The molecule has 2 aliphatic heterocycles. The quantitative estimate of drug-likeness (QED) is 0.549. The summed E-state index contributed by atoms with van der Waals surface area (Å²) in [6, 6.07) is -0.551. The molecule has 0 aromatic rings. The number of rotatable bonds is 9. The minimum atomic E-state index is -0.551. The lowest BCUT2D eigenvalue weighted by molar-refractivity contribution is -0.147. The van der Waals surface area contributed by atoms with Crippen molar-refractivity contribution in [2.24, 2.45) is 11.8 Å². The standard InChI is InChI=1S/C17H26N2O6/c1-4-24-9-12-6-14(20)18(16(12)22)8-11(3)19-15(21)7-13(17(19)23)10-25-5-2/h11-13H,4-10H2,1-3H3. The number of imide groups is 2. The highest BCUT2D eigenvalue weighted by atomic mass is 16.5. The van der Waals surface area contributed by atoms with Crippen LogP contribution in [-0.4, -0.2) is 72.4 Å². The molecule has 0 aromatic heterocycles. The maximum atomic E-state index is 12.4. The first-order valence-electron chi connectivity index (χ1n) is 8.76. The van der Waals surface area contributed by atoms with Crippen molar-refractivity contribution in [1.29, 1.82) is 0 Å². The molecule has 8 nitrogen and oxygen atoms in total. The molecular formula is C17H26N2O6. The highest BCUT2D eigenvalue weighted by molar-refractivity contribution is 6.05. The molecule has 0 spiro atoms. The van der Waals surface area contributed by atoms with E-state index in [0.717, 1.165) is 4.90 Å². The first kappa shape index (κ1) is 19.5. The fourth-order valence-electron chi connectivity index (χ4n) is 3.25. The van der Waals surface area contributed by atoms with Crippen LogP contribution < -0.4 is 0 Å². The SMILES string of the molecule is CCOCC1CC(=O)N(CC(C)N2C(=O)CC(COCC)C2=O)C1=O. The van der Waals surface area contributed by atoms with Crippen molar-refractivity contribution in [3.8, 4) is 0 Å². The molecule has 2 fully saturated rings. The Morgan fingerprint density at radius 2 is 1.44 bits per heavy atom. The van der Waals surface area contributed by atoms with Crippen molar-refractivity contribution < 1.29 is 28.7 Å². The first-order valence-corrected chi connectivity index (χ1v) is 8.76. The molecule has 3 atom stereocenters. The summed E-state index contributed by atoms with van der Waals surface area (Å²) in [5.41, 5.74) is 0. The van der Waals surface area contributed by atoms with Crippen LogP contribution in [0.5, 0.6) is 0 Å². The van der Waals surface area contributed by atoms with Gasteiger partial charge < -0.3 is 9.47 Å². The van der Waals surface area contributed by atoms with Crippen molar-refractivity contribution in [2.75, 3.05) is 33.0 Å². The van der Waals surface area contributed by atoms with Crippen LogP contribution in [0.4, 0.5) is 0 Å². The van der Waals surface area contributed by atoms with E-state index in [1.807, 2.05) is 13.8 Å². The minimum Gasteiger partial charge on any atom is -0.381 e. The zero-order valence-corrected chi connectivity index (χ0v) is 15.0. The molecule has 2 saturated heterocycles. The van der Waals surface area contributed by atoms with Crippen LogP contribution >= 0.6 is 0 Å². The van der Waals surface area contributed by atoms with Gasteiger partial charge in [0.1, 0.15) is 0 Å². The number of amides is 4. The molecule has 140 valence electrons. The molecule has 0 saturated carbocycles. The summed E-state index contributed by atoms with van der Waals surface area (Å²) in [6.45, 7) is 6.73. The molecule has 8 heteroatoms. The number of ether oxygens (including phenoxy) is 2. The van der Waals surface area contributed by atoms with E-state index < -0.39 is 17.9 Å². The van der Waals surface area contributed by atoms with Gasteiger partial charge in [-0.15, -0.1) is 0 Å². The normalized spacial score (nSPS) is 25.4. The number of likely N-dealkylation sites (tertiary alicyclic amines) is 2. The molecular weight excluding hydrogens is 328 g/mol. The van der Waals surface area contributed by atoms with Crippen LogP contribution in [0.15, 0.2) is 0 Å². The van der Waals surface area contributed by atoms with Gasteiger partial charge in [0.05, 0.1) is 31.1 Å². The summed E-state index contributed by atoms with van der Waals surface area (Å²) in [7, 11) is 0. The molecule has 0 aromatic carbocycles. The van der Waals surface area contributed by atoms with Crippen molar-refractivity contribution >= 4 is 23.6 Å². The van der Waals surface area contributed by atoms with Crippen LogP contribution in [0.3, 0.4) is 0 Å². The molecule has 0 radical (unpaired) electrons. The van der Waals surface area contributed by atoms with E-state index in [-0.39, 0.29) is 56.2 Å². The maximum absolute atomic E-state index is 12.4. The summed E-state index contributed by atoms with van der Waals surface area (Å²) in [5.74, 6) is -2.12. The third kappa shape index (κ3) is 4.24. The van der Waals surface area contributed by atoms with Gasteiger partial charge in [0.25, 0.3) is 0 Å². The van der Waals surface area contributed by atoms with Crippen LogP contribution in [-0.2, 0) is 28.7 Å². The fourth-order valence-corrected chi connectivity index (χ4v) is 3.25. The Hall–Kier alpha value is -1.80. The molecule has 2 aliphatic rings. The smallest absolute Gasteiger partial charge is 0.235 e. The number of carbonyl (C=O) groups is 4. The number of hydrogen-bond acceptors (Lipinski definition) is 6. The number of carbonyl (C=O) groups excluding carboxylic acids is 4. The van der Waals surface area contributed by atoms with E-state index in [9.17, 15) is 19.2 Å². The Balaban J connectivity index is 1.98. The zero-order chi connectivity index (χ0) is 18.6. The molecule has 0 N–H and O–H groups in total. The van der Waals surface area contributed by atoms with Crippen molar-refractivity contribution in [1.82, 2.24) is 9.80 Å². The van der Waals surface area contributed by atoms with E-state index in [2.05, 4.69) is 0 Å². The lowest BCUT2D eigenvalue weighted by atomic mass is 10.1. The lowest BCUT2D eigenvalue weighted by Gasteiger charge is -2.27. The second kappa shape index (κ2) is 8.53. The molecule has 2 heterocycles. The van der Waals surface area contributed by atoms with Gasteiger partial charge in [-0.25, -0.2) is 0 Å². The van der Waals surface area contributed by atoms with Crippen molar-refractivity contribution in [3.63, 3.8) is 0 Å². The van der Waals surface area contributed by atoms with Crippen LogP contribution in [0.1, 0.15) is 33.6 Å². The third-order valence-electron chi connectivity index (χ3n) is 4.55. The van der Waals surface area contributed by atoms with Crippen LogP contribution in [0.2, 0.25) is 0 Å². The fraction of sp³-hybridized carbons (Fsp3) is 0.765. The average Bonchev–Trinajstić information content (AvgIpc) is 3.00. The predicted molar refractivity (Wildman–Crippen MR) is 87.2 cm³/mol. The lowest BCUT2D eigenvalue weighted by Crippen LogP contribution is -2.47. The van der Waals surface area contributed by atoms with Gasteiger partial charge in [-0.1, -0.05) is 0 Å². The molecule has 3 unspecified atom stereocenters. The molecule has 4 amide bonds. The van der Waals surface area contributed by atoms with Crippen LogP contribution in [0, 0.1) is 11.8 Å². The second-order valence-corrected chi connectivity index (χ2v) is 6.41. The third-order valence-corrected chi connectivity index (χ3v) is 4.55. The Labute approximate surface area is 147 Å². The van der Waals surface area contributed by atoms with Gasteiger partial charge >= 0.3 is 0 Å². The van der Waals surface area contributed by atoms with Crippen molar-refractivity contribution in [3.05, 3.63) is 0 Å². The second-order valence-electron chi connectivity index (χ2n) is 6.41. The van der Waals surface area contributed by atoms with Gasteiger partial charge in [0, 0.05) is 32.6 Å². The summed E-state index contributed by atoms with van der Waals surface area (Å²) in [5, 5.41) is 0.